The van der Waals surface area contributed by atoms with Crippen molar-refractivity contribution in [1.29, 1.82) is 0 Å². The van der Waals surface area contributed by atoms with Crippen LogP contribution in [0.3, 0.4) is 0 Å². The maximum atomic E-state index is 11.4. The summed E-state index contributed by atoms with van der Waals surface area (Å²) in [4.78, 5) is 22.0. The summed E-state index contributed by atoms with van der Waals surface area (Å²) >= 11 is 0. The van der Waals surface area contributed by atoms with E-state index in [0.717, 1.165) is 0 Å². The van der Waals surface area contributed by atoms with Crippen LogP contribution in [-0.4, -0.2) is 29.1 Å². The van der Waals surface area contributed by atoms with Gasteiger partial charge < -0.3 is 16.2 Å². The predicted octanol–water partition coefficient (Wildman–Crippen LogP) is -0.0509. The summed E-state index contributed by atoms with van der Waals surface area (Å²) in [7, 11) is 0. The molecule has 0 aliphatic heterocycles. The standard InChI is InChI=1S/C9H18N2O3/c1-4-6(9(13)14)11-8(12)7(10)5(2)3/h5-7H,4,10H2,1-3H3,(H,11,12)(H,13,14)/t6-,7?/m0/s1. The molecule has 1 amide bonds. The minimum Gasteiger partial charge on any atom is -0.480 e. The maximum Gasteiger partial charge on any atom is 0.326 e. The van der Waals surface area contributed by atoms with Crippen molar-refractivity contribution < 1.29 is 14.7 Å². The first-order valence-electron chi connectivity index (χ1n) is 4.68. The molecule has 0 radical (unpaired) electrons. The van der Waals surface area contributed by atoms with Gasteiger partial charge >= 0.3 is 5.97 Å². The van der Waals surface area contributed by atoms with Crippen LogP contribution in [0.25, 0.3) is 0 Å². The molecule has 0 aliphatic carbocycles. The Bertz CT molecular complexity index is 216. The number of hydrogen-bond acceptors (Lipinski definition) is 3. The third-order valence-electron chi connectivity index (χ3n) is 2.04. The number of carboxylic acids is 1. The molecule has 4 N–H and O–H groups in total. The van der Waals surface area contributed by atoms with Gasteiger partial charge in [0, 0.05) is 0 Å². The summed E-state index contributed by atoms with van der Waals surface area (Å²) in [6, 6.07) is -1.49. The number of rotatable bonds is 5. The topological polar surface area (TPSA) is 92.4 Å². The first-order chi connectivity index (χ1) is 6.40. The number of nitrogens with one attached hydrogen (secondary N) is 1. The Morgan fingerprint density at radius 3 is 2.21 bits per heavy atom. The van der Waals surface area contributed by atoms with E-state index in [2.05, 4.69) is 5.32 Å². The van der Waals surface area contributed by atoms with E-state index >= 15 is 0 Å². The number of carbonyl (C=O) groups is 2. The van der Waals surface area contributed by atoms with E-state index in [1.165, 1.54) is 0 Å². The van der Waals surface area contributed by atoms with Crippen molar-refractivity contribution in [2.24, 2.45) is 11.7 Å². The van der Waals surface area contributed by atoms with Crippen LogP contribution in [0.5, 0.6) is 0 Å². The normalized spacial score (nSPS) is 14.9. The summed E-state index contributed by atoms with van der Waals surface area (Å²) in [6.45, 7) is 5.32. The molecule has 82 valence electrons. The van der Waals surface area contributed by atoms with Crippen LogP contribution in [-0.2, 0) is 9.59 Å². The van der Waals surface area contributed by atoms with Crippen LogP contribution in [0.15, 0.2) is 0 Å². The molecule has 0 aromatic heterocycles. The van der Waals surface area contributed by atoms with Crippen molar-refractivity contribution in [2.75, 3.05) is 0 Å². The van der Waals surface area contributed by atoms with Crippen LogP contribution in [0.2, 0.25) is 0 Å². The van der Waals surface area contributed by atoms with Crippen molar-refractivity contribution in [3.05, 3.63) is 0 Å². The zero-order valence-electron chi connectivity index (χ0n) is 8.78. The fourth-order valence-corrected chi connectivity index (χ4v) is 0.909. The van der Waals surface area contributed by atoms with Crippen molar-refractivity contribution in [1.82, 2.24) is 5.32 Å². The average molecular weight is 202 g/mol. The molecule has 0 aliphatic rings. The number of amides is 1. The van der Waals surface area contributed by atoms with Gasteiger partial charge in [-0.1, -0.05) is 20.8 Å². The Hall–Kier alpha value is -1.10. The van der Waals surface area contributed by atoms with Gasteiger partial charge in [0.2, 0.25) is 5.91 Å². The third kappa shape index (κ3) is 3.74. The first kappa shape index (κ1) is 12.9. The van der Waals surface area contributed by atoms with Gasteiger partial charge in [0.15, 0.2) is 0 Å². The van der Waals surface area contributed by atoms with Crippen molar-refractivity contribution in [2.45, 2.75) is 39.3 Å². The number of hydrogen-bond donors (Lipinski definition) is 3. The quantitative estimate of drug-likeness (QED) is 0.582. The molecule has 0 heterocycles. The van der Waals surface area contributed by atoms with E-state index in [-0.39, 0.29) is 5.92 Å². The summed E-state index contributed by atoms with van der Waals surface area (Å²) in [5.41, 5.74) is 5.56. The maximum absolute atomic E-state index is 11.4. The van der Waals surface area contributed by atoms with Crippen molar-refractivity contribution in [3.8, 4) is 0 Å². The molecule has 0 fully saturated rings. The zero-order chi connectivity index (χ0) is 11.3. The van der Waals surface area contributed by atoms with E-state index < -0.39 is 24.0 Å². The lowest BCUT2D eigenvalue weighted by Crippen LogP contribution is -2.50. The minimum atomic E-state index is -1.03. The van der Waals surface area contributed by atoms with Gasteiger partial charge in [0.25, 0.3) is 0 Å². The highest BCUT2D eigenvalue weighted by molar-refractivity contribution is 5.86. The van der Waals surface area contributed by atoms with Gasteiger partial charge in [-0.3, -0.25) is 4.79 Å². The Labute approximate surface area is 83.7 Å². The molecule has 0 aromatic carbocycles. The van der Waals surface area contributed by atoms with Gasteiger partial charge in [-0.05, 0) is 12.3 Å². The zero-order valence-corrected chi connectivity index (χ0v) is 8.78. The smallest absolute Gasteiger partial charge is 0.326 e. The number of nitrogens with two attached hydrogens (primary N) is 1. The van der Waals surface area contributed by atoms with Crippen molar-refractivity contribution in [3.63, 3.8) is 0 Å². The molecule has 5 heteroatoms. The Morgan fingerprint density at radius 1 is 1.43 bits per heavy atom. The van der Waals surface area contributed by atoms with Gasteiger partial charge in [-0.15, -0.1) is 0 Å². The predicted molar refractivity (Wildman–Crippen MR) is 52.7 cm³/mol. The van der Waals surface area contributed by atoms with Crippen LogP contribution >= 0.6 is 0 Å². The Morgan fingerprint density at radius 2 is 1.93 bits per heavy atom. The molecule has 1 unspecified atom stereocenters. The summed E-state index contributed by atoms with van der Waals surface area (Å²) in [5.74, 6) is -1.44. The molecular weight excluding hydrogens is 184 g/mol. The fraction of sp³-hybridized carbons (Fsp3) is 0.778. The number of aliphatic carboxylic acids is 1. The first-order valence-corrected chi connectivity index (χ1v) is 4.68. The Balaban J connectivity index is 4.22. The molecule has 0 saturated heterocycles. The average Bonchev–Trinajstić information content (AvgIpc) is 2.11. The van der Waals surface area contributed by atoms with Gasteiger partial charge in [-0.2, -0.15) is 0 Å². The second-order valence-corrected chi connectivity index (χ2v) is 3.58. The van der Waals surface area contributed by atoms with Gasteiger partial charge in [0.05, 0.1) is 6.04 Å². The highest BCUT2D eigenvalue weighted by Crippen LogP contribution is 1.99. The van der Waals surface area contributed by atoms with Crippen molar-refractivity contribution >= 4 is 11.9 Å². The molecule has 5 nitrogen and oxygen atoms in total. The molecule has 2 atom stereocenters. The highest BCUT2D eigenvalue weighted by atomic mass is 16.4. The van der Waals surface area contributed by atoms with Crippen LogP contribution < -0.4 is 11.1 Å². The van der Waals surface area contributed by atoms with Crippen LogP contribution in [0, 0.1) is 5.92 Å². The van der Waals surface area contributed by atoms with E-state index in [0.29, 0.717) is 6.42 Å². The third-order valence-corrected chi connectivity index (χ3v) is 2.04. The van der Waals surface area contributed by atoms with E-state index in [1.807, 2.05) is 13.8 Å². The lowest BCUT2D eigenvalue weighted by molar-refractivity contribution is -0.142. The summed E-state index contributed by atoms with van der Waals surface area (Å²) in [5, 5.41) is 11.1. The second kappa shape index (κ2) is 5.59. The van der Waals surface area contributed by atoms with Crippen LogP contribution in [0.4, 0.5) is 0 Å². The number of carbonyl (C=O) groups excluding carboxylic acids is 1. The summed E-state index contributed by atoms with van der Waals surface area (Å²) in [6.07, 6.45) is 0.353. The molecule has 0 bridgehead atoms. The number of carboxylic acid groups (broad SMARTS) is 1. The molecule has 0 saturated carbocycles. The van der Waals surface area contributed by atoms with E-state index in [4.69, 9.17) is 10.8 Å². The second-order valence-electron chi connectivity index (χ2n) is 3.58. The SMILES string of the molecule is CC[C@H](NC(=O)C(N)C(C)C)C(=O)O. The monoisotopic (exact) mass is 202 g/mol. The molecule has 0 rings (SSSR count). The lowest BCUT2D eigenvalue weighted by Gasteiger charge is -2.18. The molecule has 14 heavy (non-hydrogen) atoms. The van der Waals surface area contributed by atoms with E-state index in [1.54, 1.807) is 6.92 Å². The minimum absolute atomic E-state index is 0.00120. The van der Waals surface area contributed by atoms with Crippen LogP contribution in [0.1, 0.15) is 27.2 Å². The Kier molecular flexibility index (Phi) is 5.15. The molecule has 0 spiro atoms. The molecular formula is C9H18N2O3. The largest absolute Gasteiger partial charge is 0.480 e. The van der Waals surface area contributed by atoms with Gasteiger partial charge in [0.1, 0.15) is 6.04 Å². The molecule has 0 aromatic rings. The van der Waals surface area contributed by atoms with Gasteiger partial charge in [-0.25, -0.2) is 4.79 Å². The fourth-order valence-electron chi connectivity index (χ4n) is 0.909. The highest BCUT2D eigenvalue weighted by Gasteiger charge is 2.23. The summed E-state index contributed by atoms with van der Waals surface area (Å²) < 4.78 is 0. The van der Waals surface area contributed by atoms with E-state index in [9.17, 15) is 9.59 Å². The lowest BCUT2D eigenvalue weighted by atomic mass is 10.0.